The van der Waals surface area contributed by atoms with Crippen molar-refractivity contribution in [3.8, 4) is 39.7 Å². The van der Waals surface area contributed by atoms with Crippen molar-refractivity contribution in [2.45, 2.75) is 19.3 Å². The van der Waals surface area contributed by atoms with Crippen molar-refractivity contribution >= 4 is 33.8 Å². The number of carbonyl (C=O) groups is 1. The number of amides is 1. The maximum absolute atomic E-state index is 14.3. The molecule has 1 saturated carbocycles. The van der Waals surface area contributed by atoms with E-state index in [4.69, 9.17) is 14.7 Å². The Bertz CT molecular complexity index is 1910. The lowest BCUT2D eigenvalue weighted by Gasteiger charge is -2.24. The van der Waals surface area contributed by atoms with Gasteiger partial charge in [0.05, 0.1) is 30.2 Å². The molecule has 0 aliphatic heterocycles. The van der Waals surface area contributed by atoms with Gasteiger partial charge in [0.25, 0.3) is 0 Å². The van der Waals surface area contributed by atoms with Gasteiger partial charge in [0.15, 0.2) is 17.2 Å². The van der Waals surface area contributed by atoms with E-state index < -0.39 is 5.82 Å². The number of nitrogens with one attached hydrogen (secondary N) is 3. The number of halogens is 1. The molecule has 0 atom stereocenters. The standard InChI is InChI=1S/C29H23FN8O2/c1-40-20-11-16(9-18(30)12-20)21-7-8-32-27-24(21)35-28(36-27)26-25-23(37-38-26)6-5-22(34-25)17-10-19(14-31-13-17)33-29(39)15-3-2-4-15/h5-15H,2-4H2,1H3,(H,33,39)(H,37,38)(H,32,35,36). The van der Waals surface area contributed by atoms with Gasteiger partial charge in [-0.3, -0.25) is 14.9 Å². The molecule has 0 unspecified atom stereocenters. The van der Waals surface area contributed by atoms with Gasteiger partial charge in [-0.2, -0.15) is 5.10 Å². The van der Waals surface area contributed by atoms with Crippen LogP contribution in [0.3, 0.4) is 0 Å². The van der Waals surface area contributed by atoms with E-state index in [1.165, 1.54) is 19.2 Å². The molecule has 1 fully saturated rings. The molecule has 3 N–H and O–H groups in total. The average Bonchev–Trinajstić information content (AvgIpc) is 3.55. The fourth-order valence-corrected chi connectivity index (χ4v) is 4.88. The minimum absolute atomic E-state index is 0.0280. The SMILES string of the molecule is COc1cc(F)cc(-c2ccnc3[nH]c(-c4n[nH]c5ccc(-c6cncc(NC(=O)C7CCC7)c6)nc45)nc23)c1. The molecule has 11 heteroatoms. The minimum Gasteiger partial charge on any atom is -0.497 e. The lowest BCUT2D eigenvalue weighted by atomic mass is 9.85. The van der Waals surface area contributed by atoms with Crippen LogP contribution in [0.1, 0.15) is 19.3 Å². The van der Waals surface area contributed by atoms with E-state index in [1.807, 2.05) is 18.2 Å². The molecule has 0 spiro atoms. The van der Waals surface area contributed by atoms with Crippen LogP contribution in [-0.2, 0) is 4.79 Å². The molecule has 198 valence electrons. The lowest BCUT2D eigenvalue weighted by molar-refractivity contribution is -0.122. The Hall–Kier alpha value is -5.19. The van der Waals surface area contributed by atoms with Gasteiger partial charge < -0.3 is 15.0 Å². The third-order valence-electron chi connectivity index (χ3n) is 7.21. The Labute approximate surface area is 227 Å². The lowest BCUT2D eigenvalue weighted by Crippen LogP contribution is -2.28. The number of methoxy groups -OCH3 is 1. The smallest absolute Gasteiger partial charge is 0.227 e. The first kappa shape index (κ1) is 23.9. The summed E-state index contributed by atoms with van der Waals surface area (Å²) in [5.41, 5.74) is 6.32. The highest BCUT2D eigenvalue weighted by atomic mass is 19.1. The molecule has 6 aromatic rings. The van der Waals surface area contributed by atoms with E-state index >= 15 is 0 Å². The summed E-state index contributed by atoms with van der Waals surface area (Å²) in [5.74, 6) is 0.570. The second-order valence-corrected chi connectivity index (χ2v) is 9.77. The number of carbonyl (C=O) groups excluding carboxylic acids is 1. The van der Waals surface area contributed by atoms with Crippen LogP contribution in [0.15, 0.2) is 61.1 Å². The summed E-state index contributed by atoms with van der Waals surface area (Å²) in [6.07, 6.45) is 7.92. The maximum Gasteiger partial charge on any atom is 0.227 e. The number of aromatic amines is 2. The fourth-order valence-electron chi connectivity index (χ4n) is 4.88. The van der Waals surface area contributed by atoms with E-state index in [1.54, 1.807) is 30.7 Å². The van der Waals surface area contributed by atoms with Gasteiger partial charge in [-0.1, -0.05) is 6.42 Å². The molecular formula is C29H23FN8O2. The molecule has 1 amide bonds. The van der Waals surface area contributed by atoms with Crippen LogP contribution < -0.4 is 10.1 Å². The van der Waals surface area contributed by atoms with Gasteiger partial charge in [-0.25, -0.2) is 19.3 Å². The van der Waals surface area contributed by atoms with Crippen LogP contribution in [0.25, 0.3) is 56.1 Å². The molecule has 5 heterocycles. The minimum atomic E-state index is -0.411. The highest BCUT2D eigenvalue weighted by Gasteiger charge is 2.25. The number of nitrogens with zero attached hydrogens (tertiary/aromatic N) is 5. The number of anilines is 1. The Balaban J connectivity index is 1.26. The van der Waals surface area contributed by atoms with Gasteiger partial charge in [0.1, 0.15) is 22.6 Å². The van der Waals surface area contributed by atoms with E-state index in [0.29, 0.717) is 56.5 Å². The van der Waals surface area contributed by atoms with Crippen molar-refractivity contribution < 1.29 is 13.9 Å². The number of imidazole rings is 1. The van der Waals surface area contributed by atoms with E-state index in [-0.39, 0.29) is 11.8 Å². The van der Waals surface area contributed by atoms with Crippen molar-refractivity contribution in [1.29, 1.82) is 0 Å². The van der Waals surface area contributed by atoms with Crippen LogP contribution >= 0.6 is 0 Å². The summed E-state index contributed by atoms with van der Waals surface area (Å²) >= 11 is 0. The van der Waals surface area contributed by atoms with Crippen LogP contribution in [0, 0.1) is 11.7 Å². The van der Waals surface area contributed by atoms with Gasteiger partial charge >= 0.3 is 0 Å². The van der Waals surface area contributed by atoms with E-state index in [2.05, 4.69) is 30.5 Å². The first-order valence-corrected chi connectivity index (χ1v) is 12.9. The number of hydrogen-bond donors (Lipinski definition) is 3. The number of ether oxygens (including phenoxy) is 1. The van der Waals surface area contributed by atoms with Gasteiger partial charge in [0.2, 0.25) is 5.91 Å². The van der Waals surface area contributed by atoms with Gasteiger partial charge in [-0.05, 0) is 54.8 Å². The summed E-state index contributed by atoms with van der Waals surface area (Å²) in [5, 5.41) is 10.4. The Morgan fingerprint density at radius 1 is 1.05 bits per heavy atom. The number of benzene rings is 1. The Kier molecular flexibility index (Phi) is 5.69. The number of fused-ring (bicyclic) bond motifs is 2. The summed E-state index contributed by atoms with van der Waals surface area (Å²) in [4.78, 5) is 34.0. The van der Waals surface area contributed by atoms with Crippen LogP contribution in [0.5, 0.6) is 5.75 Å². The molecule has 0 bridgehead atoms. The molecule has 40 heavy (non-hydrogen) atoms. The van der Waals surface area contributed by atoms with E-state index in [0.717, 1.165) is 30.3 Å². The monoisotopic (exact) mass is 534 g/mol. The second-order valence-electron chi connectivity index (χ2n) is 9.77. The van der Waals surface area contributed by atoms with Crippen molar-refractivity contribution in [1.82, 2.24) is 35.1 Å². The Morgan fingerprint density at radius 2 is 1.95 bits per heavy atom. The highest BCUT2D eigenvalue weighted by molar-refractivity contribution is 5.96. The third-order valence-corrected chi connectivity index (χ3v) is 7.21. The van der Waals surface area contributed by atoms with Crippen LogP contribution in [0.4, 0.5) is 10.1 Å². The first-order valence-electron chi connectivity index (χ1n) is 12.9. The van der Waals surface area contributed by atoms with E-state index in [9.17, 15) is 9.18 Å². The molecule has 5 aromatic heterocycles. The zero-order valence-corrected chi connectivity index (χ0v) is 21.4. The molecular weight excluding hydrogens is 511 g/mol. The number of aromatic nitrogens is 7. The first-order chi connectivity index (χ1) is 19.6. The topological polar surface area (TPSA) is 134 Å². The van der Waals surface area contributed by atoms with Crippen LogP contribution in [-0.4, -0.2) is 48.1 Å². The van der Waals surface area contributed by atoms with Gasteiger partial charge in [-0.15, -0.1) is 0 Å². The molecule has 0 radical (unpaired) electrons. The molecule has 1 aliphatic rings. The van der Waals surface area contributed by atoms with Crippen LogP contribution in [0.2, 0.25) is 0 Å². The summed E-state index contributed by atoms with van der Waals surface area (Å²) < 4.78 is 19.5. The number of H-pyrrole nitrogens is 2. The summed E-state index contributed by atoms with van der Waals surface area (Å²) in [6.45, 7) is 0. The average molecular weight is 535 g/mol. The molecule has 1 aliphatic carbocycles. The van der Waals surface area contributed by atoms with Gasteiger partial charge in [0, 0.05) is 35.5 Å². The van der Waals surface area contributed by atoms with Crippen molar-refractivity contribution in [2.75, 3.05) is 12.4 Å². The molecule has 7 rings (SSSR count). The molecule has 1 aromatic carbocycles. The second kappa shape index (κ2) is 9.53. The highest BCUT2D eigenvalue weighted by Crippen LogP contribution is 2.33. The fraction of sp³-hybridized carbons (Fsp3) is 0.172. The zero-order valence-electron chi connectivity index (χ0n) is 21.4. The third kappa shape index (κ3) is 4.21. The van der Waals surface area contributed by atoms with Crippen molar-refractivity contribution in [2.24, 2.45) is 5.92 Å². The normalized spacial score (nSPS) is 13.4. The summed E-state index contributed by atoms with van der Waals surface area (Å²) in [6, 6.07) is 11.9. The van der Waals surface area contributed by atoms with Crippen molar-refractivity contribution in [3.63, 3.8) is 0 Å². The maximum atomic E-state index is 14.3. The summed E-state index contributed by atoms with van der Waals surface area (Å²) in [7, 11) is 1.49. The van der Waals surface area contributed by atoms with Crippen molar-refractivity contribution in [3.05, 3.63) is 66.9 Å². The predicted molar refractivity (Wildman–Crippen MR) is 148 cm³/mol. The number of hydrogen-bond acceptors (Lipinski definition) is 7. The predicted octanol–water partition coefficient (Wildman–Crippen LogP) is 5.51. The Morgan fingerprint density at radius 3 is 2.77 bits per heavy atom. The molecule has 10 nitrogen and oxygen atoms in total. The number of rotatable bonds is 6. The molecule has 0 saturated heterocycles. The zero-order chi connectivity index (χ0) is 27.2. The number of pyridine rings is 3. The largest absolute Gasteiger partial charge is 0.497 e. The quantitative estimate of drug-likeness (QED) is 0.256.